The van der Waals surface area contributed by atoms with Gasteiger partial charge < -0.3 is 9.73 Å². The third-order valence-electron chi connectivity index (χ3n) is 2.82. The number of furan rings is 1. The average molecular weight is 165 g/mol. The van der Waals surface area contributed by atoms with Gasteiger partial charge in [-0.05, 0) is 38.1 Å². The van der Waals surface area contributed by atoms with E-state index in [9.17, 15) is 0 Å². The van der Waals surface area contributed by atoms with Crippen molar-refractivity contribution in [2.75, 3.05) is 13.1 Å². The number of nitrogens with one attached hydrogen (secondary N) is 1. The molecule has 1 saturated heterocycles. The van der Waals surface area contributed by atoms with Crippen LogP contribution < -0.4 is 5.32 Å². The van der Waals surface area contributed by atoms with E-state index in [0.29, 0.717) is 0 Å². The minimum absolute atomic E-state index is 0.273. The highest BCUT2D eigenvalue weighted by Crippen LogP contribution is 2.32. The molecule has 2 rings (SSSR count). The lowest BCUT2D eigenvalue weighted by molar-refractivity contribution is 0.279. The van der Waals surface area contributed by atoms with Crippen molar-refractivity contribution in [1.29, 1.82) is 0 Å². The zero-order valence-electron chi connectivity index (χ0n) is 7.47. The van der Waals surface area contributed by atoms with E-state index in [1.807, 2.05) is 6.07 Å². The highest BCUT2D eigenvalue weighted by atomic mass is 16.3. The minimum Gasteiger partial charge on any atom is -0.469 e. The first kappa shape index (κ1) is 7.87. The van der Waals surface area contributed by atoms with Crippen LogP contribution in [0.3, 0.4) is 0 Å². The van der Waals surface area contributed by atoms with Crippen LogP contribution in [0.25, 0.3) is 0 Å². The molecule has 0 saturated carbocycles. The van der Waals surface area contributed by atoms with E-state index in [2.05, 4.69) is 18.3 Å². The first-order valence-electron chi connectivity index (χ1n) is 4.56. The molecule has 0 atom stereocenters. The van der Waals surface area contributed by atoms with Gasteiger partial charge in [-0.1, -0.05) is 6.92 Å². The molecule has 0 spiro atoms. The van der Waals surface area contributed by atoms with Gasteiger partial charge in [0.25, 0.3) is 0 Å². The molecule has 12 heavy (non-hydrogen) atoms. The Bertz CT molecular complexity index is 234. The van der Waals surface area contributed by atoms with Gasteiger partial charge in [0, 0.05) is 5.41 Å². The Hall–Kier alpha value is -0.760. The molecule has 1 aromatic rings. The van der Waals surface area contributed by atoms with Crippen molar-refractivity contribution in [3.8, 4) is 0 Å². The number of rotatable bonds is 1. The largest absolute Gasteiger partial charge is 0.469 e. The standard InChI is InChI=1S/C10H15NO/c1-10(4-6-11-7-5-10)9-3-2-8-12-9/h2-3,8,11H,4-7H2,1H3. The lowest BCUT2D eigenvalue weighted by Gasteiger charge is -2.31. The Morgan fingerprint density at radius 3 is 2.75 bits per heavy atom. The summed E-state index contributed by atoms with van der Waals surface area (Å²) in [5, 5.41) is 3.36. The van der Waals surface area contributed by atoms with Crippen LogP contribution in [0.2, 0.25) is 0 Å². The highest BCUT2D eigenvalue weighted by molar-refractivity contribution is 5.13. The fraction of sp³-hybridized carbons (Fsp3) is 0.600. The van der Waals surface area contributed by atoms with E-state index >= 15 is 0 Å². The molecule has 0 aromatic carbocycles. The minimum atomic E-state index is 0.273. The lowest BCUT2D eigenvalue weighted by atomic mass is 9.79. The van der Waals surface area contributed by atoms with Crippen LogP contribution in [-0.4, -0.2) is 13.1 Å². The van der Waals surface area contributed by atoms with E-state index < -0.39 is 0 Å². The third-order valence-corrected chi connectivity index (χ3v) is 2.82. The second-order valence-corrected chi connectivity index (χ2v) is 3.79. The third kappa shape index (κ3) is 1.27. The van der Waals surface area contributed by atoms with Gasteiger partial charge in [-0.2, -0.15) is 0 Å². The van der Waals surface area contributed by atoms with Crippen molar-refractivity contribution in [2.45, 2.75) is 25.2 Å². The van der Waals surface area contributed by atoms with Crippen LogP contribution >= 0.6 is 0 Å². The molecule has 0 aliphatic carbocycles. The van der Waals surface area contributed by atoms with Crippen molar-refractivity contribution in [2.24, 2.45) is 0 Å². The summed E-state index contributed by atoms with van der Waals surface area (Å²) in [6.07, 6.45) is 4.13. The molecule has 1 aliphatic rings. The second kappa shape index (κ2) is 2.94. The molecule has 0 amide bonds. The fourth-order valence-corrected chi connectivity index (χ4v) is 1.85. The van der Waals surface area contributed by atoms with E-state index in [0.717, 1.165) is 18.8 Å². The van der Waals surface area contributed by atoms with E-state index in [-0.39, 0.29) is 5.41 Å². The molecule has 2 nitrogen and oxygen atoms in total. The van der Waals surface area contributed by atoms with Crippen LogP contribution in [0, 0.1) is 0 Å². The maximum atomic E-state index is 5.45. The molecule has 2 heteroatoms. The Labute approximate surface area is 73.0 Å². The maximum absolute atomic E-state index is 5.45. The van der Waals surface area contributed by atoms with Crippen molar-refractivity contribution in [3.63, 3.8) is 0 Å². The normalized spacial score (nSPS) is 22.4. The molecule has 0 radical (unpaired) electrons. The van der Waals surface area contributed by atoms with Gasteiger partial charge in [0.2, 0.25) is 0 Å². The van der Waals surface area contributed by atoms with Gasteiger partial charge in [0.15, 0.2) is 0 Å². The first-order chi connectivity index (χ1) is 5.81. The zero-order valence-corrected chi connectivity index (χ0v) is 7.47. The van der Waals surface area contributed by atoms with Crippen molar-refractivity contribution in [3.05, 3.63) is 24.2 Å². The Morgan fingerprint density at radius 2 is 2.17 bits per heavy atom. The molecular weight excluding hydrogens is 150 g/mol. The van der Waals surface area contributed by atoms with Crippen molar-refractivity contribution >= 4 is 0 Å². The van der Waals surface area contributed by atoms with E-state index in [4.69, 9.17) is 4.42 Å². The summed E-state index contributed by atoms with van der Waals surface area (Å²) in [5.74, 6) is 1.14. The van der Waals surface area contributed by atoms with Crippen LogP contribution in [0.4, 0.5) is 0 Å². The molecule has 1 N–H and O–H groups in total. The molecular formula is C10H15NO. The van der Waals surface area contributed by atoms with E-state index in [1.54, 1.807) is 6.26 Å². The van der Waals surface area contributed by atoms with Gasteiger partial charge in [0.05, 0.1) is 6.26 Å². The van der Waals surface area contributed by atoms with Crippen LogP contribution in [-0.2, 0) is 5.41 Å². The average Bonchev–Trinajstić information content (AvgIpc) is 2.58. The molecule has 0 bridgehead atoms. The smallest absolute Gasteiger partial charge is 0.109 e. The summed E-state index contributed by atoms with van der Waals surface area (Å²) in [6, 6.07) is 4.06. The SMILES string of the molecule is CC1(c2ccco2)CCNCC1. The molecule has 66 valence electrons. The van der Waals surface area contributed by atoms with Gasteiger partial charge in [-0.15, -0.1) is 0 Å². The quantitative estimate of drug-likeness (QED) is 0.687. The first-order valence-corrected chi connectivity index (χ1v) is 4.56. The van der Waals surface area contributed by atoms with E-state index in [1.165, 1.54) is 12.8 Å². The molecule has 0 unspecified atom stereocenters. The van der Waals surface area contributed by atoms with Crippen molar-refractivity contribution in [1.82, 2.24) is 5.32 Å². The summed E-state index contributed by atoms with van der Waals surface area (Å²) in [6.45, 7) is 4.50. The maximum Gasteiger partial charge on any atom is 0.109 e. The summed E-state index contributed by atoms with van der Waals surface area (Å²) in [7, 11) is 0. The second-order valence-electron chi connectivity index (χ2n) is 3.79. The summed E-state index contributed by atoms with van der Waals surface area (Å²) in [4.78, 5) is 0. The molecule has 2 heterocycles. The van der Waals surface area contributed by atoms with Gasteiger partial charge in [-0.25, -0.2) is 0 Å². The lowest BCUT2D eigenvalue weighted by Crippen LogP contribution is -2.37. The van der Waals surface area contributed by atoms with Crippen LogP contribution in [0.5, 0.6) is 0 Å². The fourth-order valence-electron chi connectivity index (χ4n) is 1.85. The molecule has 1 fully saturated rings. The summed E-state index contributed by atoms with van der Waals surface area (Å²) in [5.41, 5.74) is 0.273. The molecule has 1 aliphatic heterocycles. The van der Waals surface area contributed by atoms with Crippen molar-refractivity contribution < 1.29 is 4.42 Å². The van der Waals surface area contributed by atoms with Gasteiger partial charge >= 0.3 is 0 Å². The van der Waals surface area contributed by atoms with Crippen LogP contribution in [0.15, 0.2) is 22.8 Å². The zero-order chi connectivity index (χ0) is 8.44. The van der Waals surface area contributed by atoms with Gasteiger partial charge in [0.1, 0.15) is 5.76 Å². The Kier molecular flexibility index (Phi) is 1.93. The molecule has 1 aromatic heterocycles. The Morgan fingerprint density at radius 1 is 1.42 bits per heavy atom. The van der Waals surface area contributed by atoms with Gasteiger partial charge in [-0.3, -0.25) is 0 Å². The number of hydrogen-bond donors (Lipinski definition) is 1. The summed E-state index contributed by atoms with van der Waals surface area (Å²) < 4.78 is 5.45. The Balaban J connectivity index is 2.19. The van der Waals surface area contributed by atoms with Crippen LogP contribution in [0.1, 0.15) is 25.5 Å². The topological polar surface area (TPSA) is 25.2 Å². The number of piperidine rings is 1. The number of hydrogen-bond acceptors (Lipinski definition) is 2. The predicted octanol–water partition coefficient (Wildman–Crippen LogP) is 1.92. The summed E-state index contributed by atoms with van der Waals surface area (Å²) >= 11 is 0. The predicted molar refractivity (Wildman–Crippen MR) is 48.2 cm³/mol. The highest BCUT2D eigenvalue weighted by Gasteiger charge is 2.30. The monoisotopic (exact) mass is 165 g/mol.